The van der Waals surface area contributed by atoms with Gasteiger partial charge in [0.15, 0.2) is 0 Å². The smallest absolute Gasteiger partial charge is 0.223 e. The molecule has 0 bridgehead atoms. The second kappa shape index (κ2) is 8.68. The van der Waals surface area contributed by atoms with E-state index in [1.54, 1.807) is 0 Å². The average Bonchev–Trinajstić information content (AvgIpc) is 3.16. The molecule has 4 rings (SSSR count). The Morgan fingerprint density at radius 2 is 1.97 bits per heavy atom. The van der Waals surface area contributed by atoms with Gasteiger partial charge in [-0.15, -0.1) is 0 Å². The zero-order valence-electron chi connectivity index (χ0n) is 17.3. The summed E-state index contributed by atoms with van der Waals surface area (Å²) in [5, 5.41) is 3.22. The Labute approximate surface area is 172 Å². The Hall–Kier alpha value is -2.82. The van der Waals surface area contributed by atoms with Gasteiger partial charge in [-0.05, 0) is 62.8 Å². The number of imidazole rings is 1. The maximum absolute atomic E-state index is 12.7. The van der Waals surface area contributed by atoms with Crippen LogP contribution in [0.1, 0.15) is 37.3 Å². The Morgan fingerprint density at radius 3 is 2.72 bits per heavy atom. The Kier molecular flexibility index (Phi) is 5.84. The van der Waals surface area contributed by atoms with Gasteiger partial charge in [-0.3, -0.25) is 4.79 Å². The molecule has 1 atom stereocenters. The molecule has 5 nitrogen and oxygen atoms in total. The molecule has 1 amide bonds. The SMILES string of the molecule is Cc1ccc2nc(N3CCC(C(=O)N[C@@H](C)CCc4ccccc4)CC3)[nH]c2c1. The first-order valence-corrected chi connectivity index (χ1v) is 10.6. The van der Waals surface area contributed by atoms with Gasteiger partial charge in [-0.25, -0.2) is 4.98 Å². The molecule has 0 aliphatic carbocycles. The number of carbonyl (C=O) groups is 1. The molecule has 2 aromatic carbocycles. The summed E-state index contributed by atoms with van der Waals surface area (Å²) in [4.78, 5) is 23.1. The number of nitrogens with zero attached hydrogens (tertiary/aromatic N) is 2. The lowest BCUT2D eigenvalue weighted by Crippen LogP contribution is -2.43. The number of rotatable bonds is 6. The highest BCUT2D eigenvalue weighted by Crippen LogP contribution is 2.24. The molecule has 2 N–H and O–H groups in total. The summed E-state index contributed by atoms with van der Waals surface area (Å²) in [6.45, 7) is 5.90. The van der Waals surface area contributed by atoms with E-state index in [2.05, 4.69) is 71.5 Å². The van der Waals surface area contributed by atoms with Crippen LogP contribution < -0.4 is 10.2 Å². The summed E-state index contributed by atoms with van der Waals surface area (Å²) in [6.07, 6.45) is 3.69. The third kappa shape index (κ3) is 4.78. The second-order valence-corrected chi connectivity index (χ2v) is 8.28. The molecule has 29 heavy (non-hydrogen) atoms. The van der Waals surface area contributed by atoms with E-state index in [0.29, 0.717) is 0 Å². The lowest BCUT2D eigenvalue weighted by atomic mass is 9.95. The summed E-state index contributed by atoms with van der Waals surface area (Å²) < 4.78 is 0. The van der Waals surface area contributed by atoms with Crippen molar-refractivity contribution in [3.8, 4) is 0 Å². The Balaban J connectivity index is 1.26. The summed E-state index contributed by atoms with van der Waals surface area (Å²) in [5.74, 6) is 1.21. The minimum Gasteiger partial charge on any atom is -0.353 e. The van der Waals surface area contributed by atoms with Crippen LogP contribution in [0.2, 0.25) is 0 Å². The van der Waals surface area contributed by atoms with Crippen LogP contribution in [0.15, 0.2) is 48.5 Å². The van der Waals surface area contributed by atoms with E-state index in [1.807, 2.05) is 6.07 Å². The maximum Gasteiger partial charge on any atom is 0.223 e. The molecule has 0 spiro atoms. The van der Waals surface area contributed by atoms with Crippen molar-refractivity contribution in [3.05, 3.63) is 59.7 Å². The summed E-state index contributed by atoms with van der Waals surface area (Å²) >= 11 is 0. The van der Waals surface area contributed by atoms with E-state index >= 15 is 0 Å². The number of nitrogens with one attached hydrogen (secondary N) is 2. The predicted octanol–water partition coefficient (Wildman–Crippen LogP) is 4.23. The van der Waals surface area contributed by atoms with Gasteiger partial charge < -0.3 is 15.2 Å². The van der Waals surface area contributed by atoms with Crippen LogP contribution in [0, 0.1) is 12.8 Å². The van der Waals surface area contributed by atoms with Crippen LogP contribution in [0.3, 0.4) is 0 Å². The van der Waals surface area contributed by atoms with Crippen LogP contribution in [-0.2, 0) is 11.2 Å². The van der Waals surface area contributed by atoms with E-state index in [-0.39, 0.29) is 17.9 Å². The predicted molar refractivity (Wildman–Crippen MR) is 118 cm³/mol. The molecule has 0 radical (unpaired) electrons. The Morgan fingerprint density at radius 1 is 1.21 bits per heavy atom. The topological polar surface area (TPSA) is 61.0 Å². The van der Waals surface area contributed by atoms with E-state index in [0.717, 1.165) is 55.8 Å². The normalized spacial score (nSPS) is 16.1. The first-order chi connectivity index (χ1) is 14.1. The van der Waals surface area contributed by atoms with Crippen molar-refractivity contribution in [3.63, 3.8) is 0 Å². The molecule has 1 aliphatic rings. The number of hydrogen-bond donors (Lipinski definition) is 2. The number of H-pyrrole nitrogens is 1. The quantitative estimate of drug-likeness (QED) is 0.662. The van der Waals surface area contributed by atoms with Gasteiger partial charge in [0.2, 0.25) is 11.9 Å². The lowest BCUT2D eigenvalue weighted by Gasteiger charge is -2.31. The third-order valence-electron chi connectivity index (χ3n) is 5.89. The molecule has 5 heteroatoms. The van der Waals surface area contributed by atoms with Gasteiger partial charge in [0.1, 0.15) is 0 Å². The van der Waals surface area contributed by atoms with Crippen molar-refractivity contribution in [1.82, 2.24) is 15.3 Å². The highest BCUT2D eigenvalue weighted by atomic mass is 16.1. The summed E-state index contributed by atoms with van der Waals surface area (Å²) in [6, 6.07) is 16.9. The minimum atomic E-state index is 0.0945. The average molecular weight is 391 g/mol. The second-order valence-electron chi connectivity index (χ2n) is 8.28. The number of carbonyl (C=O) groups excluding carboxylic acids is 1. The fourth-order valence-corrected chi connectivity index (χ4v) is 4.07. The highest BCUT2D eigenvalue weighted by molar-refractivity contribution is 5.80. The van der Waals surface area contributed by atoms with E-state index < -0.39 is 0 Å². The van der Waals surface area contributed by atoms with Gasteiger partial charge in [0.25, 0.3) is 0 Å². The first kappa shape index (κ1) is 19.5. The zero-order chi connectivity index (χ0) is 20.2. The summed E-state index contributed by atoms with van der Waals surface area (Å²) in [7, 11) is 0. The molecule has 152 valence electrons. The number of aromatic amines is 1. The number of piperidine rings is 1. The minimum absolute atomic E-state index is 0.0945. The molecule has 0 saturated carbocycles. The number of hydrogen-bond acceptors (Lipinski definition) is 3. The largest absolute Gasteiger partial charge is 0.353 e. The van der Waals surface area contributed by atoms with E-state index in [9.17, 15) is 4.79 Å². The van der Waals surface area contributed by atoms with Gasteiger partial charge in [-0.2, -0.15) is 0 Å². The molecule has 1 fully saturated rings. The van der Waals surface area contributed by atoms with Crippen molar-refractivity contribution in [2.24, 2.45) is 5.92 Å². The van der Waals surface area contributed by atoms with Crippen LogP contribution in [0.4, 0.5) is 5.95 Å². The van der Waals surface area contributed by atoms with Gasteiger partial charge in [0, 0.05) is 25.0 Å². The van der Waals surface area contributed by atoms with E-state index in [4.69, 9.17) is 4.98 Å². The molecular weight excluding hydrogens is 360 g/mol. The highest BCUT2D eigenvalue weighted by Gasteiger charge is 2.27. The van der Waals surface area contributed by atoms with Crippen LogP contribution in [0.5, 0.6) is 0 Å². The molecule has 1 saturated heterocycles. The molecule has 2 heterocycles. The number of fused-ring (bicyclic) bond motifs is 1. The Bertz CT molecular complexity index is 957. The number of anilines is 1. The zero-order valence-corrected chi connectivity index (χ0v) is 17.3. The van der Waals surface area contributed by atoms with Crippen molar-refractivity contribution in [2.75, 3.05) is 18.0 Å². The monoisotopic (exact) mass is 390 g/mol. The molecule has 1 aliphatic heterocycles. The number of aromatic nitrogens is 2. The van der Waals surface area contributed by atoms with Crippen LogP contribution in [-0.4, -0.2) is 35.0 Å². The van der Waals surface area contributed by atoms with Crippen LogP contribution >= 0.6 is 0 Å². The summed E-state index contributed by atoms with van der Waals surface area (Å²) in [5.41, 5.74) is 4.62. The maximum atomic E-state index is 12.7. The van der Waals surface area contributed by atoms with Crippen LogP contribution in [0.25, 0.3) is 11.0 Å². The lowest BCUT2D eigenvalue weighted by molar-refractivity contribution is -0.126. The standard InChI is InChI=1S/C24H30N4O/c1-17-8-11-21-22(16-17)27-24(26-21)28-14-12-20(13-15-28)23(29)25-18(2)9-10-19-6-4-3-5-7-19/h3-8,11,16,18,20H,9-10,12-15H2,1-2H3,(H,25,29)(H,26,27)/t18-/m0/s1. The van der Waals surface area contributed by atoms with Gasteiger partial charge in [0.05, 0.1) is 11.0 Å². The first-order valence-electron chi connectivity index (χ1n) is 10.6. The number of amides is 1. The van der Waals surface area contributed by atoms with Crippen molar-refractivity contribution >= 4 is 22.9 Å². The van der Waals surface area contributed by atoms with Gasteiger partial charge in [-0.1, -0.05) is 36.4 Å². The molecule has 0 unspecified atom stereocenters. The van der Waals surface area contributed by atoms with Crippen molar-refractivity contribution < 1.29 is 4.79 Å². The van der Waals surface area contributed by atoms with Crippen molar-refractivity contribution in [2.45, 2.75) is 45.6 Å². The third-order valence-corrected chi connectivity index (χ3v) is 5.89. The molecule has 3 aromatic rings. The molecular formula is C24H30N4O. The fraction of sp³-hybridized carbons (Fsp3) is 0.417. The molecule has 1 aromatic heterocycles. The van der Waals surface area contributed by atoms with Gasteiger partial charge >= 0.3 is 0 Å². The van der Waals surface area contributed by atoms with E-state index in [1.165, 1.54) is 11.1 Å². The number of benzene rings is 2. The fourth-order valence-electron chi connectivity index (χ4n) is 4.07. The van der Waals surface area contributed by atoms with Crippen molar-refractivity contribution in [1.29, 1.82) is 0 Å². The number of aryl methyl sites for hydroxylation is 2.